The van der Waals surface area contributed by atoms with Crippen LogP contribution in [-0.4, -0.2) is 48.1 Å². The van der Waals surface area contributed by atoms with E-state index in [1.165, 1.54) is 0 Å². The summed E-state index contributed by atoms with van der Waals surface area (Å²) in [7, 11) is 2.14. The monoisotopic (exact) mass is 256 g/mol. The minimum atomic E-state index is 0.826. The zero-order chi connectivity index (χ0) is 9.97. The second-order valence-electron chi connectivity index (χ2n) is 3.47. The Labute approximate surface area is 92.1 Å². The molecule has 0 bridgehead atoms. The summed E-state index contributed by atoms with van der Waals surface area (Å²) >= 11 is 3.35. The number of likely N-dealkylation sites (N-methyl/N-ethyl adjacent to an activating group) is 1. The third-order valence-corrected chi connectivity index (χ3v) is 2.84. The van der Waals surface area contributed by atoms with Crippen molar-refractivity contribution in [1.82, 2.24) is 14.9 Å². The van der Waals surface area contributed by atoms with Crippen LogP contribution < -0.4 is 4.90 Å². The second-order valence-corrected chi connectivity index (χ2v) is 4.28. The van der Waals surface area contributed by atoms with Crippen molar-refractivity contribution in [3.05, 3.63) is 16.9 Å². The number of anilines is 1. The van der Waals surface area contributed by atoms with Crippen LogP contribution in [0, 0.1) is 0 Å². The number of hydrogen-bond acceptors (Lipinski definition) is 4. The van der Waals surface area contributed by atoms with E-state index in [1.54, 1.807) is 6.20 Å². The van der Waals surface area contributed by atoms with E-state index >= 15 is 0 Å². The molecule has 0 aromatic carbocycles. The van der Waals surface area contributed by atoms with Crippen molar-refractivity contribution >= 4 is 21.9 Å². The van der Waals surface area contributed by atoms with Gasteiger partial charge < -0.3 is 9.80 Å². The topological polar surface area (TPSA) is 32.3 Å². The highest BCUT2D eigenvalue weighted by Crippen LogP contribution is 2.13. The lowest BCUT2D eigenvalue weighted by Gasteiger charge is -2.32. The minimum Gasteiger partial charge on any atom is -0.338 e. The molecule has 0 aliphatic carbocycles. The van der Waals surface area contributed by atoms with E-state index in [0.717, 1.165) is 36.7 Å². The van der Waals surface area contributed by atoms with Crippen LogP contribution in [0.1, 0.15) is 0 Å². The summed E-state index contributed by atoms with van der Waals surface area (Å²) in [6.07, 6.45) is 1.78. The van der Waals surface area contributed by atoms with Crippen molar-refractivity contribution in [3.8, 4) is 0 Å². The number of aromatic nitrogens is 2. The number of nitrogens with zero attached hydrogens (tertiary/aromatic N) is 4. The lowest BCUT2D eigenvalue weighted by Crippen LogP contribution is -2.45. The van der Waals surface area contributed by atoms with Gasteiger partial charge in [-0.25, -0.2) is 9.97 Å². The van der Waals surface area contributed by atoms with E-state index in [1.807, 2.05) is 6.07 Å². The Morgan fingerprint density at radius 3 is 2.64 bits per heavy atom. The normalized spacial score (nSPS) is 18.6. The molecule has 2 heterocycles. The predicted molar refractivity (Wildman–Crippen MR) is 59.4 cm³/mol. The highest BCUT2D eigenvalue weighted by atomic mass is 79.9. The first-order valence-corrected chi connectivity index (χ1v) is 5.47. The highest BCUT2D eigenvalue weighted by molar-refractivity contribution is 9.10. The largest absolute Gasteiger partial charge is 0.338 e. The average molecular weight is 257 g/mol. The molecular formula is C9H13BrN4. The SMILES string of the molecule is CN1CCN(c2nccc(Br)n2)CC1. The molecule has 2 rings (SSSR count). The second kappa shape index (κ2) is 4.23. The molecule has 1 aromatic rings. The van der Waals surface area contributed by atoms with E-state index in [0.29, 0.717) is 0 Å². The van der Waals surface area contributed by atoms with Gasteiger partial charge in [0.2, 0.25) is 5.95 Å². The van der Waals surface area contributed by atoms with Crippen LogP contribution in [0.25, 0.3) is 0 Å². The van der Waals surface area contributed by atoms with Crippen molar-refractivity contribution in [2.75, 3.05) is 38.1 Å². The fourth-order valence-electron chi connectivity index (χ4n) is 1.49. The first-order valence-electron chi connectivity index (χ1n) is 4.68. The third kappa shape index (κ3) is 2.22. The Morgan fingerprint density at radius 1 is 1.29 bits per heavy atom. The zero-order valence-electron chi connectivity index (χ0n) is 8.15. The Hall–Kier alpha value is -0.680. The molecule has 0 atom stereocenters. The summed E-state index contributed by atoms with van der Waals surface area (Å²) in [6.45, 7) is 4.17. The molecule has 5 heteroatoms. The minimum absolute atomic E-state index is 0.826. The molecule has 1 saturated heterocycles. The van der Waals surface area contributed by atoms with Gasteiger partial charge in [-0.05, 0) is 29.0 Å². The molecule has 14 heavy (non-hydrogen) atoms. The third-order valence-electron chi connectivity index (χ3n) is 2.39. The van der Waals surface area contributed by atoms with Crippen molar-refractivity contribution in [3.63, 3.8) is 0 Å². The Bertz CT molecular complexity index is 309. The van der Waals surface area contributed by atoms with Gasteiger partial charge in [0.25, 0.3) is 0 Å². The molecular weight excluding hydrogens is 244 g/mol. The molecule has 0 radical (unpaired) electrons. The molecule has 0 saturated carbocycles. The smallest absolute Gasteiger partial charge is 0.226 e. The highest BCUT2D eigenvalue weighted by Gasteiger charge is 2.15. The van der Waals surface area contributed by atoms with Gasteiger partial charge in [-0.1, -0.05) is 0 Å². The molecule has 1 aliphatic heterocycles. The lowest BCUT2D eigenvalue weighted by molar-refractivity contribution is 0.311. The van der Waals surface area contributed by atoms with Gasteiger partial charge in [-0.3, -0.25) is 0 Å². The fourth-order valence-corrected chi connectivity index (χ4v) is 1.76. The molecule has 4 nitrogen and oxygen atoms in total. The van der Waals surface area contributed by atoms with Gasteiger partial charge in [0.15, 0.2) is 0 Å². The zero-order valence-corrected chi connectivity index (χ0v) is 9.74. The Balaban J connectivity index is 2.08. The van der Waals surface area contributed by atoms with Crippen LogP contribution in [0.15, 0.2) is 16.9 Å². The van der Waals surface area contributed by atoms with Gasteiger partial charge in [0, 0.05) is 32.4 Å². The predicted octanol–water partition coefficient (Wildman–Crippen LogP) is 0.991. The molecule has 1 aromatic heterocycles. The van der Waals surface area contributed by atoms with Crippen LogP contribution in [0.5, 0.6) is 0 Å². The first kappa shape index (κ1) is 9.86. The van der Waals surface area contributed by atoms with E-state index in [4.69, 9.17) is 0 Å². The van der Waals surface area contributed by atoms with E-state index in [2.05, 4.69) is 42.7 Å². The van der Waals surface area contributed by atoms with Gasteiger partial charge in [-0.2, -0.15) is 0 Å². The maximum atomic E-state index is 4.33. The molecule has 76 valence electrons. The number of rotatable bonds is 1. The summed E-state index contributed by atoms with van der Waals surface area (Å²) in [5, 5.41) is 0. The average Bonchev–Trinajstić information content (AvgIpc) is 2.19. The quantitative estimate of drug-likeness (QED) is 0.702. The molecule has 0 spiro atoms. The van der Waals surface area contributed by atoms with Gasteiger partial charge >= 0.3 is 0 Å². The van der Waals surface area contributed by atoms with E-state index in [9.17, 15) is 0 Å². The fraction of sp³-hybridized carbons (Fsp3) is 0.556. The van der Waals surface area contributed by atoms with Crippen LogP contribution >= 0.6 is 15.9 Å². The molecule has 0 amide bonds. The maximum absolute atomic E-state index is 4.33. The lowest BCUT2D eigenvalue weighted by atomic mass is 10.3. The summed E-state index contributed by atoms with van der Waals surface area (Å²) in [5.74, 6) is 0.826. The molecule has 1 fully saturated rings. The summed E-state index contributed by atoms with van der Waals surface area (Å²) in [4.78, 5) is 13.1. The van der Waals surface area contributed by atoms with Crippen LogP contribution in [0.4, 0.5) is 5.95 Å². The van der Waals surface area contributed by atoms with Gasteiger partial charge in [-0.15, -0.1) is 0 Å². The van der Waals surface area contributed by atoms with Gasteiger partial charge in [0.1, 0.15) is 4.60 Å². The van der Waals surface area contributed by atoms with Gasteiger partial charge in [0.05, 0.1) is 0 Å². The van der Waals surface area contributed by atoms with Crippen molar-refractivity contribution in [2.24, 2.45) is 0 Å². The molecule has 1 aliphatic rings. The summed E-state index contributed by atoms with van der Waals surface area (Å²) in [6, 6.07) is 1.85. The van der Waals surface area contributed by atoms with Crippen LogP contribution in [-0.2, 0) is 0 Å². The molecule has 0 unspecified atom stereocenters. The Morgan fingerprint density at radius 2 is 2.00 bits per heavy atom. The van der Waals surface area contributed by atoms with Crippen LogP contribution in [0.3, 0.4) is 0 Å². The van der Waals surface area contributed by atoms with E-state index < -0.39 is 0 Å². The number of piperazine rings is 1. The first-order chi connectivity index (χ1) is 6.75. The summed E-state index contributed by atoms with van der Waals surface area (Å²) in [5.41, 5.74) is 0. The maximum Gasteiger partial charge on any atom is 0.226 e. The van der Waals surface area contributed by atoms with Crippen molar-refractivity contribution < 1.29 is 0 Å². The van der Waals surface area contributed by atoms with E-state index in [-0.39, 0.29) is 0 Å². The summed E-state index contributed by atoms with van der Waals surface area (Å²) < 4.78 is 0.849. The van der Waals surface area contributed by atoms with Crippen molar-refractivity contribution in [1.29, 1.82) is 0 Å². The number of hydrogen-bond donors (Lipinski definition) is 0. The Kier molecular flexibility index (Phi) is 2.98. The van der Waals surface area contributed by atoms with Crippen LogP contribution in [0.2, 0.25) is 0 Å². The molecule has 0 N–H and O–H groups in total. The van der Waals surface area contributed by atoms with Crippen molar-refractivity contribution in [2.45, 2.75) is 0 Å². The standard InChI is InChI=1S/C9H13BrN4/c1-13-4-6-14(7-5-13)9-11-3-2-8(10)12-9/h2-3H,4-7H2,1H3. The number of halogens is 1.